The van der Waals surface area contributed by atoms with Gasteiger partial charge in [0, 0.05) is 0 Å². The molecule has 2 aromatic carbocycles. The van der Waals surface area contributed by atoms with E-state index in [2.05, 4.69) is 36.4 Å². The highest BCUT2D eigenvalue weighted by Crippen LogP contribution is 2.17. The molecule has 0 saturated heterocycles. The molecule has 0 radical (unpaired) electrons. The van der Waals surface area contributed by atoms with E-state index in [0.29, 0.717) is 0 Å². The molecule has 1 unspecified atom stereocenters. The molecule has 1 N–H and O–H groups in total. The number of hydrogen-bond donors (Lipinski definition) is 1. The van der Waals surface area contributed by atoms with Crippen molar-refractivity contribution in [1.29, 1.82) is 0 Å². The Bertz CT molecular complexity index is 445. The van der Waals surface area contributed by atoms with Crippen LogP contribution in [0.5, 0.6) is 0 Å². The third kappa shape index (κ3) is 3.18. The van der Waals surface area contributed by atoms with Gasteiger partial charge in [-0.2, -0.15) is 0 Å². The highest BCUT2D eigenvalue weighted by Gasteiger charge is 2.04. The maximum absolute atomic E-state index is 9.71. The Morgan fingerprint density at radius 1 is 0.882 bits per heavy atom. The molecule has 0 bridgehead atoms. The summed E-state index contributed by atoms with van der Waals surface area (Å²) < 4.78 is 0. The van der Waals surface area contributed by atoms with Crippen molar-refractivity contribution in [3.8, 4) is 0 Å². The molecule has 17 heavy (non-hydrogen) atoms. The van der Waals surface area contributed by atoms with Gasteiger partial charge in [0.2, 0.25) is 0 Å². The smallest absolute Gasteiger partial charge is 0.0787 e. The van der Waals surface area contributed by atoms with E-state index in [0.717, 1.165) is 18.4 Å². The van der Waals surface area contributed by atoms with Gasteiger partial charge in [0.05, 0.1) is 6.10 Å². The van der Waals surface area contributed by atoms with Gasteiger partial charge in [0.15, 0.2) is 0 Å². The van der Waals surface area contributed by atoms with Gasteiger partial charge in [-0.15, -0.1) is 0 Å². The highest BCUT2D eigenvalue weighted by molar-refractivity contribution is 5.29. The SMILES string of the molecule is CCC(O)c1ccc(Cc2ccccc2)cc1. The summed E-state index contributed by atoms with van der Waals surface area (Å²) >= 11 is 0. The van der Waals surface area contributed by atoms with Crippen molar-refractivity contribution < 1.29 is 5.11 Å². The van der Waals surface area contributed by atoms with Crippen molar-refractivity contribution in [2.75, 3.05) is 0 Å². The van der Waals surface area contributed by atoms with Crippen LogP contribution in [-0.4, -0.2) is 5.11 Å². The molecule has 0 aliphatic carbocycles. The van der Waals surface area contributed by atoms with Crippen molar-refractivity contribution in [2.24, 2.45) is 0 Å². The van der Waals surface area contributed by atoms with Crippen LogP contribution in [0.15, 0.2) is 54.6 Å². The molecule has 0 amide bonds. The summed E-state index contributed by atoms with van der Waals surface area (Å²) in [4.78, 5) is 0. The molecule has 0 aliphatic heterocycles. The fourth-order valence-corrected chi connectivity index (χ4v) is 1.92. The third-order valence-electron chi connectivity index (χ3n) is 3.00. The van der Waals surface area contributed by atoms with Crippen molar-refractivity contribution in [3.05, 3.63) is 71.3 Å². The Morgan fingerprint density at radius 3 is 2.06 bits per heavy atom. The first-order valence-electron chi connectivity index (χ1n) is 6.10. The van der Waals surface area contributed by atoms with Gasteiger partial charge >= 0.3 is 0 Å². The maximum atomic E-state index is 9.71. The molecule has 0 aromatic heterocycles. The van der Waals surface area contributed by atoms with Gasteiger partial charge in [-0.1, -0.05) is 61.5 Å². The van der Waals surface area contributed by atoms with Gasteiger partial charge in [-0.05, 0) is 29.5 Å². The van der Waals surface area contributed by atoms with Crippen molar-refractivity contribution in [3.63, 3.8) is 0 Å². The lowest BCUT2D eigenvalue weighted by Crippen LogP contribution is -1.95. The van der Waals surface area contributed by atoms with Crippen LogP contribution < -0.4 is 0 Å². The predicted octanol–water partition coefficient (Wildman–Crippen LogP) is 3.72. The van der Waals surface area contributed by atoms with E-state index in [-0.39, 0.29) is 6.10 Å². The van der Waals surface area contributed by atoms with Crippen LogP contribution in [0, 0.1) is 0 Å². The Balaban J connectivity index is 2.08. The molecule has 1 heteroatoms. The van der Waals surface area contributed by atoms with Crippen LogP contribution >= 0.6 is 0 Å². The molecule has 0 aliphatic rings. The van der Waals surface area contributed by atoms with Crippen LogP contribution in [-0.2, 0) is 6.42 Å². The van der Waals surface area contributed by atoms with Crippen LogP contribution in [0.4, 0.5) is 0 Å². The summed E-state index contributed by atoms with van der Waals surface area (Å²) in [6.07, 6.45) is 1.38. The molecule has 0 heterocycles. The van der Waals surface area contributed by atoms with E-state index >= 15 is 0 Å². The van der Waals surface area contributed by atoms with Gasteiger partial charge in [0.1, 0.15) is 0 Å². The minimum absolute atomic E-state index is 0.333. The standard InChI is InChI=1S/C16H18O/c1-2-16(17)15-10-8-14(9-11-15)12-13-6-4-3-5-7-13/h3-11,16-17H,2,12H2,1H3. The van der Waals surface area contributed by atoms with Crippen LogP contribution in [0.2, 0.25) is 0 Å². The summed E-state index contributed by atoms with van der Waals surface area (Å²) in [6.45, 7) is 1.99. The van der Waals surface area contributed by atoms with Gasteiger partial charge in [-0.3, -0.25) is 0 Å². The van der Waals surface area contributed by atoms with Crippen molar-refractivity contribution in [1.82, 2.24) is 0 Å². The molecular weight excluding hydrogens is 208 g/mol. The fourth-order valence-electron chi connectivity index (χ4n) is 1.92. The molecule has 0 spiro atoms. The molecule has 0 saturated carbocycles. The van der Waals surface area contributed by atoms with Crippen LogP contribution in [0.25, 0.3) is 0 Å². The van der Waals surface area contributed by atoms with Crippen molar-refractivity contribution >= 4 is 0 Å². The first kappa shape index (κ1) is 11.9. The largest absolute Gasteiger partial charge is 0.388 e. The summed E-state index contributed by atoms with van der Waals surface area (Å²) in [6, 6.07) is 18.7. The zero-order valence-corrected chi connectivity index (χ0v) is 10.1. The molecule has 1 atom stereocenters. The van der Waals surface area contributed by atoms with E-state index in [1.807, 2.05) is 25.1 Å². The summed E-state index contributed by atoms with van der Waals surface area (Å²) in [5.41, 5.74) is 3.60. The predicted molar refractivity (Wildman–Crippen MR) is 70.9 cm³/mol. The highest BCUT2D eigenvalue weighted by atomic mass is 16.3. The van der Waals surface area contributed by atoms with Gasteiger partial charge in [-0.25, -0.2) is 0 Å². The monoisotopic (exact) mass is 226 g/mol. The van der Waals surface area contributed by atoms with Gasteiger partial charge < -0.3 is 5.11 Å². The van der Waals surface area contributed by atoms with Crippen LogP contribution in [0.3, 0.4) is 0 Å². The number of aliphatic hydroxyl groups excluding tert-OH is 1. The zero-order chi connectivity index (χ0) is 12.1. The second-order valence-electron chi connectivity index (χ2n) is 4.33. The zero-order valence-electron chi connectivity index (χ0n) is 10.1. The summed E-state index contributed by atoms with van der Waals surface area (Å²) in [7, 11) is 0. The molecule has 2 rings (SSSR count). The Kier molecular flexibility index (Phi) is 3.94. The second-order valence-corrected chi connectivity index (χ2v) is 4.33. The molecule has 88 valence electrons. The van der Waals surface area contributed by atoms with E-state index < -0.39 is 0 Å². The fraction of sp³-hybridized carbons (Fsp3) is 0.250. The number of hydrogen-bond acceptors (Lipinski definition) is 1. The third-order valence-corrected chi connectivity index (χ3v) is 3.00. The maximum Gasteiger partial charge on any atom is 0.0787 e. The average molecular weight is 226 g/mol. The normalized spacial score (nSPS) is 12.4. The molecule has 1 nitrogen and oxygen atoms in total. The van der Waals surface area contributed by atoms with Gasteiger partial charge in [0.25, 0.3) is 0 Å². The lowest BCUT2D eigenvalue weighted by Gasteiger charge is -2.09. The summed E-state index contributed by atoms with van der Waals surface area (Å²) in [5.74, 6) is 0. The molecular formula is C16H18O. The molecule has 2 aromatic rings. The minimum Gasteiger partial charge on any atom is -0.388 e. The lowest BCUT2D eigenvalue weighted by molar-refractivity contribution is 0.173. The second kappa shape index (κ2) is 5.65. The number of aliphatic hydroxyl groups is 1. The first-order valence-corrected chi connectivity index (χ1v) is 6.10. The van der Waals surface area contributed by atoms with Crippen molar-refractivity contribution in [2.45, 2.75) is 25.9 Å². The minimum atomic E-state index is -0.333. The topological polar surface area (TPSA) is 20.2 Å². The first-order chi connectivity index (χ1) is 8.29. The quantitative estimate of drug-likeness (QED) is 0.842. The average Bonchev–Trinajstić information content (AvgIpc) is 2.40. The number of benzene rings is 2. The molecule has 0 fully saturated rings. The van der Waals surface area contributed by atoms with E-state index in [1.54, 1.807) is 0 Å². The Labute approximate surface area is 103 Å². The van der Waals surface area contributed by atoms with E-state index in [4.69, 9.17) is 0 Å². The van der Waals surface area contributed by atoms with Crippen LogP contribution in [0.1, 0.15) is 36.1 Å². The summed E-state index contributed by atoms with van der Waals surface area (Å²) in [5, 5.41) is 9.71. The number of rotatable bonds is 4. The Morgan fingerprint density at radius 2 is 1.47 bits per heavy atom. The Hall–Kier alpha value is -1.60. The lowest BCUT2D eigenvalue weighted by atomic mass is 10.0. The van der Waals surface area contributed by atoms with E-state index in [1.165, 1.54) is 11.1 Å². The van der Waals surface area contributed by atoms with E-state index in [9.17, 15) is 5.11 Å².